The van der Waals surface area contributed by atoms with E-state index in [1.807, 2.05) is 19.1 Å². The van der Waals surface area contributed by atoms with Crippen molar-refractivity contribution < 1.29 is 9.47 Å². The molecule has 2 unspecified atom stereocenters. The van der Waals surface area contributed by atoms with Gasteiger partial charge in [-0.2, -0.15) is 5.10 Å². The van der Waals surface area contributed by atoms with Gasteiger partial charge in [0.2, 0.25) is 0 Å². The fraction of sp³-hybridized carbons (Fsp3) is 0.588. The van der Waals surface area contributed by atoms with Gasteiger partial charge in [-0.15, -0.1) is 0 Å². The van der Waals surface area contributed by atoms with Gasteiger partial charge < -0.3 is 14.5 Å². The Bertz CT molecular complexity index is 495. The van der Waals surface area contributed by atoms with Crippen molar-refractivity contribution >= 4 is 5.71 Å². The summed E-state index contributed by atoms with van der Waals surface area (Å²) in [4.78, 5) is 0. The molecule has 4 heteroatoms. The molecule has 0 saturated heterocycles. The molecule has 0 aromatic heterocycles. The van der Waals surface area contributed by atoms with Gasteiger partial charge in [0.1, 0.15) is 0 Å². The van der Waals surface area contributed by atoms with Crippen LogP contribution in [-0.2, 0) is 9.47 Å². The summed E-state index contributed by atoms with van der Waals surface area (Å²) in [5.74, 6) is 0.879. The average Bonchev–Trinajstić information content (AvgIpc) is 2.48. The largest absolute Gasteiger partial charge is 0.356 e. The highest BCUT2D eigenvalue weighted by Crippen LogP contribution is 2.37. The van der Waals surface area contributed by atoms with Crippen LogP contribution in [0.25, 0.3) is 0 Å². The van der Waals surface area contributed by atoms with Crippen molar-refractivity contribution in [2.75, 3.05) is 28.3 Å². The molecular weight excluding hydrogens is 264 g/mol. The molecule has 2 rings (SSSR count). The molecular formula is C17H26N2O2. The maximum Gasteiger partial charge on any atom is 0.157 e. The van der Waals surface area contributed by atoms with E-state index in [-0.39, 0.29) is 6.29 Å². The Hall–Kier alpha value is -1.39. The highest BCUT2D eigenvalue weighted by molar-refractivity contribution is 6.04. The van der Waals surface area contributed by atoms with Crippen LogP contribution in [0.3, 0.4) is 0 Å². The van der Waals surface area contributed by atoms with E-state index < -0.39 is 0 Å². The van der Waals surface area contributed by atoms with Crippen LogP contribution >= 0.6 is 0 Å². The van der Waals surface area contributed by atoms with E-state index in [9.17, 15) is 0 Å². The number of hydrazone groups is 1. The number of methoxy groups -OCH3 is 2. The van der Waals surface area contributed by atoms with Gasteiger partial charge in [-0.3, -0.25) is 0 Å². The maximum absolute atomic E-state index is 5.39. The first-order valence-electron chi connectivity index (χ1n) is 7.47. The van der Waals surface area contributed by atoms with Crippen molar-refractivity contribution in [1.29, 1.82) is 0 Å². The van der Waals surface area contributed by atoms with Crippen molar-refractivity contribution in [3.05, 3.63) is 35.4 Å². The molecule has 0 bridgehead atoms. The Morgan fingerprint density at radius 2 is 1.90 bits per heavy atom. The first-order valence-corrected chi connectivity index (χ1v) is 7.47. The van der Waals surface area contributed by atoms with E-state index in [0.29, 0.717) is 11.8 Å². The van der Waals surface area contributed by atoms with Crippen LogP contribution in [0.2, 0.25) is 0 Å². The fourth-order valence-corrected chi connectivity index (χ4v) is 3.13. The molecule has 0 N–H and O–H groups in total. The van der Waals surface area contributed by atoms with Gasteiger partial charge in [0.25, 0.3) is 0 Å². The molecule has 4 nitrogen and oxygen atoms in total. The lowest BCUT2D eigenvalue weighted by atomic mass is 9.75. The Morgan fingerprint density at radius 3 is 2.52 bits per heavy atom. The lowest BCUT2D eigenvalue weighted by molar-refractivity contribution is -0.111. The molecule has 0 heterocycles. The summed E-state index contributed by atoms with van der Waals surface area (Å²) in [5, 5.41) is 6.63. The Morgan fingerprint density at radius 1 is 1.24 bits per heavy atom. The second-order valence-corrected chi connectivity index (χ2v) is 5.89. The molecule has 0 amide bonds. The molecule has 2 atom stereocenters. The zero-order valence-electron chi connectivity index (χ0n) is 13.7. The Kier molecular flexibility index (Phi) is 5.37. The van der Waals surface area contributed by atoms with E-state index >= 15 is 0 Å². The van der Waals surface area contributed by atoms with Gasteiger partial charge in [0.05, 0.1) is 5.71 Å². The number of nitrogens with zero attached hydrogens (tertiary/aromatic N) is 2. The van der Waals surface area contributed by atoms with E-state index in [4.69, 9.17) is 14.6 Å². The number of hydrogen-bond donors (Lipinski definition) is 0. The molecule has 1 aromatic rings. The summed E-state index contributed by atoms with van der Waals surface area (Å²) < 4.78 is 10.8. The van der Waals surface area contributed by atoms with Gasteiger partial charge in [0, 0.05) is 46.2 Å². The SMILES string of the molecule is COC(CC1CC(C)c2ccccc2/C1=N\N(C)C)OC. The lowest BCUT2D eigenvalue weighted by Crippen LogP contribution is -2.31. The van der Waals surface area contributed by atoms with Gasteiger partial charge in [0.15, 0.2) is 6.29 Å². The minimum Gasteiger partial charge on any atom is -0.356 e. The highest BCUT2D eigenvalue weighted by Gasteiger charge is 2.31. The first-order chi connectivity index (χ1) is 10.1. The fourth-order valence-electron chi connectivity index (χ4n) is 3.13. The number of ether oxygens (including phenoxy) is 2. The standard InChI is InChI=1S/C17H26N2O2/c1-12-10-13(11-16(20-4)21-5)17(18-19(2)3)15-9-7-6-8-14(12)15/h6-9,12-13,16H,10-11H2,1-5H3/b18-17-. The summed E-state index contributed by atoms with van der Waals surface area (Å²) in [5.41, 5.74) is 3.80. The van der Waals surface area contributed by atoms with Crippen molar-refractivity contribution in [2.24, 2.45) is 11.0 Å². The van der Waals surface area contributed by atoms with Gasteiger partial charge >= 0.3 is 0 Å². The lowest BCUT2D eigenvalue weighted by Gasteiger charge is -2.33. The first kappa shape index (κ1) is 16.0. The van der Waals surface area contributed by atoms with Crippen molar-refractivity contribution in [3.63, 3.8) is 0 Å². The van der Waals surface area contributed by atoms with Crippen LogP contribution in [0.4, 0.5) is 0 Å². The predicted molar refractivity (Wildman–Crippen MR) is 85.6 cm³/mol. The molecule has 116 valence electrons. The predicted octanol–water partition coefficient (Wildman–Crippen LogP) is 3.08. The molecule has 1 aliphatic carbocycles. The van der Waals surface area contributed by atoms with E-state index in [1.165, 1.54) is 11.1 Å². The van der Waals surface area contributed by atoms with Gasteiger partial charge in [-0.05, 0) is 17.9 Å². The van der Waals surface area contributed by atoms with Gasteiger partial charge in [-0.1, -0.05) is 31.2 Å². The summed E-state index contributed by atoms with van der Waals surface area (Å²) >= 11 is 0. The quantitative estimate of drug-likeness (QED) is 0.617. The summed E-state index contributed by atoms with van der Waals surface area (Å²) in [6.45, 7) is 2.28. The molecule has 0 spiro atoms. The van der Waals surface area contributed by atoms with Crippen LogP contribution in [0.15, 0.2) is 29.4 Å². The van der Waals surface area contributed by atoms with Crippen LogP contribution in [0.5, 0.6) is 0 Å². The number of hydrogen-bond acceptors (Lipinski definition) is 4. The third-order valence-electron chi connectivity index (χ3n) is 4.10. The van der Waals surface area contributed by atoms with Crippen LogP contribution in [0.1, 0.15) is 36.8 Å². The summed E-state index contributed by atoms with van der Waals surface area (Å²) in [7, 11) is 7.32. The molecule has 1 aliphatic rings. The third-order valence-corrected chi connectivity index (χ3v) is 4.10. The van der Waals surface area contributed by atoms with Gasteiger partial charge in [-0.25, -0.2) is 0 Å². The minimum absolute atomic E-state index is 0.181. The zero-order chi connectivity index (χ0) is 15.4. The van der Waals surface area contributed by atoms with Crippen LogP contribution in [-0.4, -0.2) is 45.3 Å². The molecule has 0 aliphatic heterocycles. The third kappa shape index (κ3) is 3.63. The Balaban J connectivity index is 2.37. The average molecular weight is 290 g/mol. The Labute approximate surface area is 127 Å². The second kappa shape index (κ2) is 7.05. The van der Waals surface area contributed by atoms with Crippen molar-refractivity contribution in [2.45, 2.75) is 32.0 Å². The molecule has 21 heavy (non-hydrogen) atoms. The topological polar surface area (TPSA) is 34.1 Å². The van der Waals surface area contributed by atoms with Crippen LogP contribution < -0.4 is 0 Å². The van der Waals surface area contributed by atoms with E-state index in [1.54, 1.807) is 14.2 Å². The normalized spacial score (nSPS) is 23.4. The zero-order valence-corrected chi connectivity index (χ0v) is 13.7. The molecule has 0 fully saturated rings. The molecule has 1 aromatic carbocycles. The monoisotopic (exact) mass is 290 g/mol. The van der Waals surface area contributed by atoms with Crippen molar-refractivity contribution in [3.8, 4) is 0 Å². The van der Waals surface area contributed by atoms with E-state index in [0.717, 1.165) is 18.6 Å². The number of fused-ring (bicyclic) bond motifs is 1. The van der Waals surface area contributed by atoms with Crippen LogP contribution in [0, 0.1) is 5.92 Å². The second-order valence-electron chi connectivity index (χ2n) is 5.89. The molecule has 0 saturated carbocycles. The summed E-state index contributed by atoms with van der Waals surface area (Å²) in [6, 6.07) is 8.58. The smallest absolute Gasteiger partial charge is 0.157 e. The summed E-state index contributed by atoms with van der Waals surface area (Å²) in [6.07, 6.45) is 1.73. The molecule has 0 radical (unpaired) electrons. The van der Waals surface area contributed by atoms with Crippen molar-refractivity contribution in [1.82, 2.24) is 5.01 Å². The minimum atomic E-state index is -0.181. The maximum atomic E-state index is 5.39. The highest BCUT2D eigenvalue weighted by atomic mass is 16.7. The number of rotatable bonds is 5. The number of benzene rings is 1. The van der Waals surface area contributed by atoms with E-state index in [2.05, 4.69) is 31.2 Å².